The van der Waals surface area contributed by atoms with Crippen LogP contribution in [0.25, 0.3) is 22.2 Å². The van der Waals surface area contributed by atoms with E-state index in [9.17, 15) is 0 Å². The molecule has 120 valence electrons. The Hall–Kier alpha value is -2.27. The molecule has 23 heavy (non-hydrogen) atoms. The molecule has 0 aliphatic heterocycles. The molecule has 0 fully saturated rings. The lowest BCUT2D eigenvalue weighted by Crippen LogP contribution is -2.17. The van der Waals surface area contributed by atoms with E-state index in [0.29, 0.717) is 5.92 Å². The van der Waals surface area contributed by atoms with Gasteiger partial charge < -0.3 is 10.2 Å². The second-order valence-corrected chi connectivity index (χ2v) is 6.22. The molecule has 5 nitrogen and oxygen atoms in total. The second kappa shape index (κ2) is 6.46. The van der Waals surface area contributed by atoms with Crippen LogP contribution >= 0.6 is 0 Å². The van der Waals surface area contributed by atoms with Crippen molar-refractivity contribution in [3.8, 4) is 11.3 Å². The van der Waals surface area contributed by atoms with Gasteiger partial charge >= 0.3 is 0 Å². The van der Waals surface area contributed by atoms with Gasteiger partial charge in [-0.2, -0.15) is 0 Å². The Morgan fingerprint density at radius 1 is 1.22 bits per heavy atom. The van der Waals surface area contributed by atoms with Crippen LogP contribution in [-0.4, -0.2) is 15.0 Å². The maximum Gasteiger partial charge on any atom is 0.181 e. The standard InChI is InChI=1S/C18H22N4O/c1-4-15-13-8-12(17-9-20-10-23-17)5-6-16(13)22-18(21-15)14(19)7-11(2)3/h5-6,8-11,14H,4,7,19H2,1-3H3/t14-/m0/s1. The quantitative estimate of drug-likeness (QED) is 0.773. The van der Waals surface area contributed by atoms with Crippen LogP contribution in [0.3, 0.4) is 0 Å². The summed E-state index contributed by atoms with van der Waals surface area (Å²) in [6.45, 7) is 6.41. The number of benzene rings is 1. The summed E-state index contributed by atoms with van der Waals surface area (Å²) in [5.74, 6) is 1.99. The molecule has 3 rings (SSSR count). The van der Waals surface area contributed by atoms with Crippen LogP contribution in [0.2, 0.25) is 0 Å². The fourth-order valence-electron chi connectivity index (χ4n) is 2.77. The van der Waals surface area contributed by atoms with Crippen molar-refractivity contribution in [2.45, 2.75) is 39.7 Å². The number of nitrogens with two attached hydrogens (primary N) is 1. The van der Waals surface area contributed by atoms with E-state index in [1.807, 2.05) is 12.1 Å². The molecule has 0 aliphatic rings. The zero-order chi connectivity index (χ0) is 16.4. The average molecular weight is 310 g/mol. The highest BCUT2D eigenvalue weighted by molar-refractivity contribution is 5.85. The molecule has 0 radical (unpaired) electrons. The summed E-state index contributed by atoms with van der Waals surface area (Å²) in [6, 6.07) is 5.93. The summed E-state index contributed by atoms with van der Waals surface area (Å²) in [7, 11) is 0. The largest absolute Gasteiger partial charge is 0.444 e. The topological polar surface area (TPSA) is 77.8 Å². The first-order chi connectivity index (χ1) is 11.1. The average Bonchev–Trinajstić information content (AvgIpc) is 3.07. The van der Waals surface area contributed by atoms with Gasteiger partial charge in [-0.25, -0.2) is 15.0 Å². The molecule has 5 heteroatoms. The third-order valence-corrected chi connectivity index (χ3v) is 3.90. The van der Waals surface area contributed by atoms with Gasteiger partial charge in [0.2, 0.25) is 0 Å². The van der Waals surface area contributed by atoms with Crippen molar-refractivity contribution in [1.82, 2.24) is 15.0 Å². The Kier molecular flexibility index (Phi) is 4.39. The van der Waals surface area contributed by atoms with E-state index in [4.69, 9.17) is 15.1 Å². The molecule has 2 N–H and O–H groups in total. The lowest BCUT2D eigenvalue weighted by atomic mass is 10.0. The van der Waals surface area contributed by atoms with Crippen molar-refractivity contribution in [2.75, 3.05) is 0 Å². The van der Waals surface area contributed by atoms with Crippen LogP contribution in [0.4, 0.5) is 0 Å². The molecule has 2 aromatic heterocycles. The van der Waals surface area contributed by atoms with Gasteiger partial charge in [-0.3, -0.25) is 0 Å². The molecule has 3 aromatic rings. The summed E-state index contributed by atoms with van der Waals surface area (Å²) < 4.78 is 5.38. The Bertz CT molecular complexity index is 796. The van der Waals surface area contributed by atoms with E-state index < -0.39 is 0 Å². The fourth-order valence-corrected chi connectivity index (χ4v) is 2.77. The summed E-state index contributed by atoms with van der Waals surface area (Å²) >= 11 is 0. The molecular formula is C18H22N4O. The first-order valence-electron chi connectivity index (χ1n) is 8.03. The van der Waals surface area contributed by atoms with Crippen molar-refractivity contribution in [3.05, 3.63) is 42.3 Å². The molecule has 0 saturated carbocycles. The number of hydrogen-bond donors (Lipinski definition) is 1. The lowest BCUT2D eigenvalue weighted by molar-refractivity contribution is 0.493. The number of nitrogens with zero attached hydrogens (tertiary/aromatic N) is 3. The molecule has 0 unspecified atom stereocenters. The third kappa shape index (κ3) is 3.24. The van der Waals surface area contributed by atoms with Gasteiger partial charge in [-0.15, -0.1) is 0 Å². The van der Waals surface area contributed by atoms with Gasteiger partial charge in [0.05, 0.1) is 23.4 Å². The third-order valence-electron chi connectivity index (χ3n) is 3.90. The predicted octanol–water partition coefficient (Wildman–Crippen LogP) is 3.89. The molecule has 0 spiro atoms. The number of aromatic nitrogens is 3. The molecule has 1 atom stereocenters. The lowest BCUT2D eigenvalue weighted by Gasteiger charge is -2.15. The van der Waals surface area contributed by atoms with E-state index >= 15 is 0 Å². The number of rotatable bonds is 5. The van der Waals surface area contributed by atoms with E-state index in [1.54, 1.807) is 6.20 Å². The highest BCUT2D eigenvalue weighted by atomic mass is 16.3. The summed E-state index contributed by atoms with van der Waals surface area (Å²) in [5.41, 5.74) is 9.19. The molecule has 1 aromatic carbocycles. The van der Waals surface area contributed by atoms with Gasteiger partial charge in [0.25, 0.3) is 0 Å². The predicted molar refractivity (Wildman–Crippen MR) is 90.8 cm³/mol. The normalized spacial score (nSPS) is 12.9. The van der Waals surface area contributed by atoms with Crippen LogP contribution in [0.1, 0.15) is 44.8 Å². The van der Waals surface area contributed by atoms with Crippen LogP contribution < -0.4 is 5.73 Å². The van der Waals surface area contributed by atoms with Crippen LogP contribution in [0.15, 0.2) is 35.2 Å². The van der Waals surface area contributed by atoms with Crippen molar-refractivity contribution >= 4 is 10.9 Å². The number of aryl methyl sites for hydroxylation is 1. The molecule has 0 bridgehead atoms. The first kappa shape index (κ1) is 15.6. The summed E-state index contributed by atoms with van der Waals surface area (Å²) in [5, 5.41) is 1.04. The zero-order valence-electron chi connectivity index (χ0n) is 13.8. The van der Waals surface area contributed by atoms with E-state index in [2.05, 4.69) is 36.8 Å². The summed E-state index contributed by atoms with van der Waals surface area (Å²) in [4.78, 5) is 13.4. The second-order valence-electron chi connectivity index (χ2n) is 6.22. The maximum absolute atomic E-state index is 6.27. The van der Waals surface area contributed by atoms with Crippen LogP contribution in [-0.2, 0) is 6.42 Å². The van der Waals surface area contributed by atoms with Gasteiger partial charge in [0.15, 0.2) is 12.2 Å². The minimum Gasteiger partial charge on any atom is -0.444 e. The van der Waals surface area contributed by atoms with Crippen molar-refractivity contribution in [3.63, 3.8) is 0 Å². The van der Waals surface area contributed by atoms with Gasteiger partial charge in [-0.05, 0) is 37.0 Å². The Morgan fingerprint density at radius 3 is 2.70 bits per heavy atom. The number of hydrogen-bond acceptors (Lipinski definition) is 5. The molecule has 0 aliphatic carbocycles. The Morgan fingerprint density at radius 2 is 2.04 bits per heavy atom. The fraction of sp³-hybridized carbons (Fsp3) is 0.389. The molecule has 0 saturated heterocycles. The van der Waals surface area contributed by atoms with Crippen molar-refractivity contribution in [1.29, 1.82) is 0 Å². The number of oxazole rings is 1. The molecule has 0 amide bonds. The van der Waals surface area contributed by atoms with Crippen molar-refractivity contribution < 1.29 is 4.42 Å². The maximum atomic E-state index is 6.27. The highest BCUT2D eigenvalue weighted by Gasteiger charge is 2.15. The van der Waals surface area contributed by atoms with Crippen LogP contribution in [0, 0.1) is 5.92 Å². The van der Waals surface area contributed by atoms with Gasteiger partial charge in [0.1, 0.15) is 5.82 Å². The van der Waals surface area contributed by atoms with Crippen LogP contribution in [0.5, 0.6) is 0 Å². The zero-order valence-corrected chi connectivity index (χ0v) is 13.8. The first-order valence-corrected chi connectivity index (χ1v) is 8.03. The number of fused-ring (bicyclic) bond motifs is 1. The monoisotopic (exact) mass is 310 g/mol. The van der Waals surface area contributed by atoms with Crippen molar-refractivity contribution in [2.24, 2.45) is 11.7 Å². The smallest absolute Gasteiger partial charge is 0.181 e. The highest BCUT2D eigenvalue weighted by Crippen LogP contribution is 2.27. The minimum atomic E-state index is -0.126. The van der Waals surface area contributed by atoms with E-state index in [1.165, 1.54) is 6.39 Å². The molecular weight excluding hydrogens is 288 g/mol. The van der Waals surface area contributed by atoms with E-state index in [-0.39, 0.29) is 6.04 Å². The van der Waals surface area contributed by atoms with Gasteiger partial charge in [-0.1, -0.05) is 20.8 Å². The SMILES string of the molecule is CCc1nc([C@@H](N)CC(C)C)nc2ccc(-c3cnco3)cc12. The summed E-state index contributed by atoms with van der Waals surface area (Å²) in [6.07, 6.45) is 4.86. The van der Waals surface area contributed by atoms with E-state index in [0.717, 1.165) is 46.6 Å². The van der Waals surface area contributed by atoms with Gasteiger partial charge in [0, 0.05) is 10.9 Å². The minimum absolute atomic E-state index is 0.126. The Labute approximate surface area is 136 Å². The Balaban J connectivity index is 2.07. The molecule has 2 heterocycles.